The fraction of sp³-hybridized carbons (Fsp3) is 0.412. The van der Waals surface area contributed by atoms with Crippen molar-refractivity contribution >= 4 is 43.8 Å². The van der Waals surface area contributed by atoms with Gasteiger partial charge in [-0.3, -0.25) is 9.44 Å². The number of carboxylic acids is 1. The van der Waals surface area contributed by atoms with Crippen LogP contribution in [0.15, 0.2) is 33.1 Å². The van der Waals surface area contributed by atoms with Crippen LogP contribution in [-0.2, 0) is 24.8 Å². The van der Waals surface area contributed by atoms with E-state index in [1.165, 1.54) is 59.1 Å². The average molecular weight is 521 g/mol. The van der Waals surface area contributed by atoms with E-state index in [0.29, 0.717) is 0 Å². The summed E-state index contributed by atoms with van der Waals surface area (Å²) in [5, 5.41) is 7.34. The number of methoxy groups -OCH3 is 1. The SMILES string of the molecule is CC(C)S(=O)(=O)Nc1ccc(C(=O)O)o1.COC(=O)c1ccc(NS(=O)(=O)C(C)C)o1.[Na+].[OH-]. The molecule has 0 fully saturated rings. The van der Waals surface area contributed by atoms with E-state index in [-0.39, 0.29) is 58.3 Å². The molecule has 0 amide bonds. The number of hydrogen-bond donors (Lipinski definition) is 3. The Hall–Kier alpha value is -2.04. The van der Waals surface area contributed by atoms with Gasteiger partial charge in [-0.2, -0.15) is 0 Å². The Balaban J connectivity index is 0. The molecule has 2 heterocycles. The number of carbonyl (C=O) groups is 2. The predicted molar refractivity (Wildman–Crippen MR) is 113 cm³/mol. The van der Waals surface area contributed by atoms with Crippen LogP contribution in [0.3, 0.4) is 0 Å². The summed E-state index contributed by atoms with van der Waals surface area (Å²) in [4.78, 5) is 21.5. The number of sulfonamides is 2. The molecule has 2 aromatic heterocycles. The Morgan fingerprint density at radius 1 is 0.848 bits per heavy atom. The molecule has 4 N–H and O–H groups in total. The number of ether oxygens (including phenoxy) is 1. The van der Waals surface area contributed by atoms with E-state index in [4.69, 9.17) is 13.9 Å². The number of nitrogens with one attached hydrogen (secondary N) is 2. The molecule has 0 aliphatic rings. The van der Waals surface area contributed by atoms with Crippen LogP contribution in [0.5, 0.6) is 0 Å². The van der Waals surface area contributed by atoms with Gasteiger partial charge in [-0.05, 0) is 39.8 Å². The van der Waals surface area contributed by atoms with Gasteiger partial charge >= 0.3 is 41.5 Å². The Morgan fingerprint density at radius 3 is 1.52 bits per heavy atom. The van der Waals surface area contributed by atoms with Crippen molar-refractivity contribution in [1.82, 2.24) is 0 Å². The third kappa shape index (κ3) is 10.2. The van der Waals surface area contributed by atoms with Crippen molar-refractivity contribution in [2.45, 2.75) is 38.2 Å². The quantitative estimate of drug-likeness (QED) is 0.289. The zero-order valence-corrected chi connectivity index (χ0v) is 22.5. The van der Waals surface area contributed by atoms with Crippen molar-refractivity contribution in [2.75, 3.05) is 16.6 Å². The molecule has 182 valence electrons. The van der Waals surface area contributed by atoms with Gasteiger partial charge in [0.05, 0.1) is 17.6 Å². The summed E-state index contributed by atoms with van der Waals surface area (Å²) in [6, 6.07) is 5.13. The van der Waals surface area contributed by atoms with Gasteiger partial charge in [0.2, 0.25) is 43.3 Å². The van der Waals surface area contributed by atoms with E-state index in [1.54, 1.807) is 0 Å². The number of aromatic carboxylic acids is 1. The van der Waals surface area contributed by atoms with Crippen molar-refractivity contribution in [3.05, 3.63) is 35.8 Å². The number of rotatable bonds is 8. The molecule has 0 radical (unpaired) electrons. The van der Waals surface area contributed by atoms with Crippen LogP contribution < -0.4 is 39.0 Å². The molecular weight excluding hydrogens is 495 g/mol. The van der Waals surface area contributed by atoms with Crippen molar-refractivity contribution in [3.8, 4) is 0 Å². The van der Waals surface area contributed by atoms with E-state index < -0.39 is 42.5 Å². The first-order chi connectivity index (χ1) is 14.2. The van der Waals surface area contributed by atoms with Crippen molar-refractivity contribution < 1.29 is 80.1 Å². The smallest absolute Gasteiger partial charge is 0.870 e. The van der Waals surface area contributed by atoms with Crippen molar-refractivity contribution in [2.24, 2.45) is 0 Å². The molecule has 0 unspecified atom stereocenters. The average Bonchev–Trinajstić information content (AvgIpc) is 3.30. The molecule has 2 aromatic rings. The first kappa shape index (κ1) is 33.1. The second kappa shape index (κ2) is 13.6. The number of carboxylic acid groups (broad SMARTS) is 1. The van der Waals surface area contributed by atoms with Gasteiger partial charge in [0.15, 0.2) is 0 Å². The van der Waals surface area contributed by atoms with Crippen LogP contribution in [0, 0.1) is 0 Å². The van der Waals surface area contributed by atoms with Crippen LogP contribution in [-0.4, -0.2) is 57.0 Å². The van der Waals surface area contributed by atoms with Crippen LogP contribution in [0.1, 0.15) is 48.8 Å². The van der Waals surface area contributed by atoms with E-state index in [1.807, 2.05) is 0 Å². The second-order valence-corrected chi connectivity index (χ2v) is 11.0. The standard InChI is InChI=1S/C9H13NO5S.C8H11NO5S.Na.H2O/c1-6(2)16(12,13)10-8-5-4-7(15-8)9(11)14-3;1-5(2)15(12,13)9-7-4-3-6(14-7)8(10)11;;/h4-6,10H,1-3H3;3-5,9H,1-2H3,(H,10,11);;1H2/q;;+1;/p-1. The zero-order chi connectivity index (χ0) is 24.0. The monoisotopic (exact) mass is 520 g/mol. The summed E-state index contributed by atoms with van der Waals surface area (Å²) in [5.41, 5.74) is 0. The van der Waals surface area contributed by atoms with E-state index in [9.17, 15) is 26.4 Å². The number of hydrogen-bond acceptors (Lipinski definition) is 10. The van der Waals surface area contributed by atoms with Crippen molar-refractivity contribution in [3.63, 3.8) is 0 Å². The largest absolute Gasteiger partial charge is 1.00 e. The molecule has 0 saturated carbocycles. The van der Waals surface area contributed by atoms with E-state index in [2.05, 4.69) is 14.2 Å². The Morgan fingerprint density at radius 2 is 1.21 bits per heavy atom. The molecule has 0 atom stereocenters. The van der Waals surface area contributed by atoms with Crippen molar-refractivity contribution in [1.29, 1.82) is 0 Å². The zero-order valence-electron chi connectivity index (χ0n) is 18.8. The summed E-state index contributed by atoms with van der Waals surface area (Å²) in [6.07, 6.45) is 0. The van der Waals surface area contributed by atoms with E-state index in [0.717, 1.165) is 0 Å². The molecular formula is C17H25N2NaO11S2. The van der Waals surface area contributed by atoms with Gasteiger partial charge in [0.1, 0.15) is 0 Å². The van der Waals surface area contributed by atoms with Crippen LogP contribution >= 0.6 is 0 Å². The molecule has 0 spiro atoms. The van der Waals surface area contributed by atoms with Gasteiger partial charge in [-0.15, -0.1) is 0 Å². The van der Waals surface area contributed by atoms with Crippen LogP contribution in [0.2, 0.25) is 0 Å². The topological polar surface area (TPSA) is 212 Å². The maximum atomic E-state index is 11.5. The maximum Gasteiger partial charge on any atom is 1.00 e. The fourth-order valence-corrected chi connectivity index (χ4v) is 2.88. The van der Waals surface area contributed by atoms with E-state index >= 15 is 0 Å². The fourth-order valence-electron chi connectivity index (χ4n) is 1.63. The molecule has 0 saturated heterocycles. The van der Waals surface area contributed by atoms with Gasteiger partial charge in [-0.1, -0.05) is 0 Å². The summed E-state index contributed by atoms with van der Waals surface area (Å²) < 4.78 is 64.1. The van der Waals surface area contributed by atoms with Crippen LogP contribution in [0.4, 0.5) is 11.8 Å². The minimum atomic E-state index is -3.50. The normalized spacial score (nSPS) is 10.9. The Bertz CT molecular complexity index is 1120. The first-order valence-electron chi connectivity index (χ1n) is 8.74. The summed E-state index contributed by atoms with van der Waals surface area (Å²) in [5.74, 6) is -2.37. The minimum absolute atomic E-state index is 0. The first-order valence-corrected chi connectivity index (χ1v) is 11.8. The Labute approximate surface area is 213 Å². The predicted octanol–water partition coefficient (Wildman–Crippen LogP) is -0.829. The summed E-state index contributed by atoms with van der Waals surface area (Å²) in [7, 11) is -5.76. The summed E-state index contributed by atoms with van der Waals surface area (Å²) >= 11 is 0. The molecule has 0 aromatic carbocycles. The maximum absolute atomic E-state index is 11.5. The number of carbonyl (C=O) groups excluding carboxylic acids is 1. The minimum Gasteiger partial charge on any atom is -0.870 e. The second-order valence-electron chi connectivity index (χ2n) is 6.52. The molecule has 0 aliphatic carbocycles. The Kier molecular flexibility index (Phi) is 13.7. The molecule has 0 aliphatic heterocycles. The van der Waals surface area contributed by atoms with Gasteiger partial charge in [0, 0.05) is 12.1 Å². The molecule has 16 heteroatoms. The third-order valence-electron chi connectivity index (χ3n) is 3.54. The van der Waals surface area contributed by atoms with Gasteiger partial charge in [-0.25, -0.2) is 26.4 Å². The molecule has 0 bridgehead atoms. The van der Waals surface area contributed by atoms with Crippen LogP contribution in [0.25, 0.3) is 0 Å². The van der Waals surface area contributed by atoms with Gasteiger partial charge < -0.3 is 24.2 Å². The summed E-state index contributed by atoms with van der Waals surface area (Å²) in [6.45, 7) is 6.08. The molecule has 2 rings (SSSR count). The van der Waals surface area contributed by atoms with Gasteiger partial charge in [0.25, 0.3) is 0 Å². The number of furan rings is 2. The third-order valence-corrected chi connectivity index (χ3v) is 6.99. The molecule has 33 heavy (non-hydrogen) atoms. The number of esters is 1. The molecule has 13 nitrogen and oxygen atoms in total. The number of anilines is 2.